The van der Waals surface area contributed by atoms with Gasteiger partial charge in [0.2, 0.25) is 0 Å². The number of rotatable bonds is 3. The highest BCUT2D eigenvalue weighted by molar-refractivity contribution is 6.17. The molecule has 0 aliphatic carbocycles. The predicted molar refractivity (Wildman–Crippen MR) is 113 cm³/mol. The minimum Gasteiger partial charge on any atom is -0.497 e. The predicted octanol–water partition coefficient (Wildman–Crippen LogP) is 6.66. The number of hydrogen-bond acceptors (Lipinski definition) is 1. The van der Waals surface area contributed by atoms with Gasteiger partial charge in [-0.15, -0.1) is 0 Å². The van der Waals surface area contributed by atoms with Crippen molar-refractivity contribution in [3.8, 4) is 28.0 Å². The molecule has 2 nitrogen and oxygen atoms in total. The monoisotopic (exact) mass is 349 g/mol. The minimum atomic E-state index is 0.867. The molecule has 0 aliphatic rings. The largest absolute Gasteiger partial charge is 0.497 e. The zero-order valence-electron chi connectivity index (χ0n) is 15.1. The summed E-state index contributed by atoms with van der Waals surface area (Å²) >= 11 is 0. The second-order valence-corrected chi connectivity index (χ2v) is 6.68. The summed E-state index contributed by atoms with van der Waals surface area (Å²) in [5, 5.41) is 2.51. The third kappa shape index (κ3) is 2.58. The molecule has 2 heteroatoms. The highest BCUT2D eigenvalue weighted by Gasteiger charge is 2.15. The number of nitrogens with one attached hydrogen (secondary N) is 1. The minimum absolute atomic E-state index is 0.867. The molecule has 0 atom stereocenters. The van der Waals surface area contributed by atoms with Gasteiger partial charge in [0.25, 0.3) is 0 Å². The SMILES string of the molecule is COc1ccc(-c2c(-c3ccccc3)ccc3[nH]c4ccccc4c23)cc1. The van der Waals surface area contributed by atoms with Gasteiger partial charge in [-0.1, -0.05) is 66.7 Å². The standard InChI is InChI=1S/C25H19NO/c1-27-19-13-11-18(12-14-19)24-20(17-7-3-2-4-8-17)15-16-23-25(24)21-9-5-6-10-22(21)26-23/h2-16,26H,1H3. The average Bonchev–Trinajstić information content (AvgIpc) is 3.12. The number of methoxy groups -OCH3 is 1. The summed E-state index contributed by atoms with van der Waals surface area (Å²) in [6.07, 6.45) is 0. The zero-order chi connectivity index (χ0) is 18.2. The van der Waals surface area contributed by atoms with Crippen molar-refractivity contribution in [2.45, 2.75) is 0 Å². The molecule has 1 N–H and O–H groups in total. The van der Waals surface area contributed by atoms with E-state index in [2.05, 4.69) is 83.8 Å². The van der Waals surface area contributed by atoms with Crippen molar-refractivity contribution in [1.29, 1.82) is 0 Å². The fourth-order valence-corrected chi connectivity index (χ4v) is 3.86. The summed E-state index contributed by atoms with van der Waals surface area (Å²) < 4.78 is 5.36. The van der Waals surface area contributed by atoms with Crippen LogP contribution < -0.4 is 4.74 Å². The number of fused-ring (bicyclic) bond motifs is 3. The number of ether oxygens (including phenoxy) is 1. The first-order valence-corrected chi connectivity index (χ1v) is 9.08. The quantitative estimate of drug-likeness (QED) is 0.387. The summed E-state index contributed by atoms with van der Waals surface area (Å²) in [5.74, 6) is 0.867. The molecule has 0 spiro atoms. The van der Waals surface area contributed by atoms with E-state index in [1.54, 1.807) is 7.11 Å². The summed E-state index contributed by atoms with van der Waals surface area (Å²) in [4.78, 5) is 3.56. The van der Waals surface area contributed by atoms with Gasteiger partial charge >= 0.3 is 0 Å². The molecular weight excluding hydrogens is 330 g/mol. The van der Waals surface area contributed by atoms with Crippen molar-refractivity contribution >= 4 is 21.8 Å². The molecule has 27 heavy (non-hydrogen) atoms. The molecule has 1 heterocycles. The Morgan fingerprint density at radius 3 is 2.15 bits per heavy atom. The van der Waals surface area contributed by atoms with Gasteiger partial charge < -0.3 is 9.72 Å². The Balaban J connectivity index is 1.90. The summed E-state index contributed by atoms with van der Waals surface area (Å²) in [6, 6.07) is 31.8. The molecule has 1 aromatic heterocycles. The maximum atomic E-state index is 5.36. The lowest BCUT2D eigenvalue weighted by Crippen LogP contribution is -1.88. The zero-order valence-corrected chi connectivity index (χ0v) is 15.1. The Kier molecular flexibility index (Phi) is 3.68. The van der Waals surface area contributed by atoms with Crippen molar-refractivity contribution in [3.63, 3.8) is 0 Å². The Morgan fingerprint density at radius 2 is 1.37 bits per heavy atom. The van der Waals surface area contributed by atoms with E-state index in [0.717, 1.165) is 16.8 Å². The van der Waals surface area contributed by atoms with Crippen LogP contribution in [0, 0.1) is 0 Å². The van der Waals surface area contributed by atoms with E-state index in [0.29, 0.717) is 0 Å². The maximum absolute atomic E-state index is 5.36. The van der Waals surface area contributed by atoms with Crippen molar-refractivity contribution < 1.29 is 4.74 Å². The summed E-state index contributed by atoms with van der Waals surface area (Å²) in [7, 11) is 1.70. The summed E-state index contributed by atoms with van der Waals surface area (Å²) in [6.45, 7) is 0. The van der Waals surface area contributed by atoms with E-state index < -0.39 is 0 Å². The van der Waals surface area contributed by atoms with Gasteiger partial charge in [-0.05, 0) is 46.5 Å². The fourth-order valence-electron chi connectivity index (χ4n) is 3.86. The van der Waals surface area contributed by atoms with Crippen molar-refractivity contribution in [1.82, 2.24) is 4.98 Å². The van der Waals surface area contributed by atoms with E-state index in [1.807, 2.05) is 12.1 Å². The van der Waals surface area contributed by atoms with Crippen LogP contribution in [0.4, 0.5) is 0 Å². The average molecular weight is 349 g/mol. The molecule has 5 aromatic rings. The van der Waals surface area contributed by atoms with E-state index >= 15 is 0 Å². The van der Waals surface area contributed by atoms with Crippen LogP contribution in [0.3, 0.4) is 0 Å². The molecule has 0 fully saturated rings. The number of hydrogen-bond donors (Lipinski definition) is 1. The van der Waals surface area contributed by atoms with Gasteiger partial charge in [0.05, 0.1) is 7.11 Å². The Bertz CT molecular complexity index is 1230. The van der Waals surface area contributed by atoms with Gasteiger partial charge in [-0.3, -0.25) is 0 Å². The number of aromatic amines is 1. The normalized spacial score (nSPS) is 11.1. The molecular formula is C25H19NO. The number of benzene rings is 4. The molecule has 0 saturated carbocycles. The number of H-pyrrole nitrogens is 1. The highest BCUT2D eigenvalue weighted by Crippen LogP contribution is 2.41. The van der Waals surface area contributed by atoms with Gasteiger partial charge in [-0.25, -0.2) is 0 Å². The van der Waals surface area contributed by atoms with Crippen LogP contribution >= 0.6 is 0 Å². The summed E-state index contributed by atoms with van der Waals surface area (Å²) in [5.41, 5.74) is 7.20. The van der Waals surface area contributed by atoms with E-state index in [9.17, 15) is 0 Å². The lowest BCUT2D eigenvalue weighted by Gasteiger charge is -2.13. The van der Waals surface area contributed by atoms with Crippen molar-refractivity contribution in [3.05, 3.63) is 91.0 Å². The lowest BCUT2D eigenvalue weighted by molar-refractivity contribution is 0.415. The van der Waals surface area contributed by atoms with E-state index in [4.69, 9.17) is 4.74 Å². The van der Waals surface area contributed by atoms with Gasteiger partial charge in [-0.2, -0.15) is 0 Å². The fraction of sp³-hybridized carbons (Fsp3) is 0.0400. The third-order valence-corrected chi connectivity index (χ3v) is 5.13. The van der Waals surface area contributed by atoms with E-state index in [-0.39, 0.29) is 0 Å². The molecule has 0 unspecified atom stereocenters. The number of aromatic nitrogens is 1. The highest BCUT2D eigenvalue weighted by atomic mass is 16.5. The van der Waals surface area contributed by atoms with Crippen LogP contribution in [-0.2, 0) is 0 Å². The molecule has 0 amide bonds. The van der Waals surface area contributed by atoms with Crippen LogP contribution in [0.5, 0.6) is 5.75 Å². The van der Waals surface area contributed by atoms with Crippen molar-refractivity contribution in [2.75, 3.05) is 7.11 Å². The molecule has 4 aromatic carbocycles. The first kappa shape index (κ1) is 15.7. The molecule has 0 radical (unpaired) electrons. The molecule has 0 bridgehead atoms. The third-order valence-electron chi connectivity index (χ3n) is 5.13. The van der Waals surface area contributed by atoms with Crippen molar-refractivity contribution in [2.24, 2.45) is 0 Å². The molecule has 0 saturated heterocycles. The van der Waals surface area contributed by atoms with Gasteiger partial charge in [0, 0.05) is 21.8 Å². The van der Waals surface area contributed by atoms with Crippen LogP contribution in [0.15, 0.2) is 91.0 Å². The molecule has 0 aliphatic heterocycles. The first-order valence-electron chi connectivity index (χ1n) is 9.08. The molecule has 130 valence electrons. The van der Waals surface area contributed by atoms with Crippen LogP contribution in [-0.4, -0.2) is 12.1 Å². The first-order chi connectivity index (χ1) is 13.3. The topological polar surface area (TPSA) is 25.0 Å². The second-order valence-electron chi connectivity index (χ2n) is 6.68. The van der Waals surface area contributed by atoms with Gasteiger partial charge in [0.15, 0.2) is 0 Å². The van der Waals surface area contributed by atoms with E-state index in [1.165, 1.54) is 33.0 Å². The lowest BCUT2D eigenvalue weighted by atomic mass is 9.90. The maximum Gasteiger partial charge on any atom is 0.118 e. The van der Waals surface area contributed by atoms with Gasteiger partial charge in [0.1, 0.15) is 5.75 Å². The Morgan fingerprint density at radius 1 is 0.630 bits per heavy atom. The number of para-hydroxylation sites is 1. The Labute approximate surface area is 158 Å². The van der Waals surface area contributed by atoms with Crippen LogP contribution in [0.25, 0.3) is 44.1 Å². The van der Waals surface area contributed by atoms with Crippen LogP contribution in [0.2, 0.25) is 0 Å². The van der Waals surface area contributed by atoms with Crippen LogP contribution in [0.1, 0.15) is 0 Å². The second kappa shape index (κ2) is 6.33. The molecule has 5 rings (SSSR count). The Hall–Kier alpha value is -3.52. The smallest absolute Gasteiger partial charge is 0.118 e.